The number of rotatable bonds is 7. The van der Waals surface area contributed by atoms with Crippen LogP contribution in [-0.2, 0) is 19.6 Å². The summed E-state index contributed by atoms with van der Waals surface area (Å²) < 4.78 is 46.1. The average molecular weight is 453 g/mol. The first-order chi connectivity index (χ1) is 14.3. The molecule has 6 nitrogen and oxygen atoms in total. The van der Waals surface area contributed by atoms with Crippen LogP contribution in [0.15, 0.2) is 46.2 Å². The summed E-state index contributed by atoms with van der Waals surface area (Å²) in [7, 11) is -3.99. The Hall–Kier alpha value is -1.94. The molecule has 1 fully saturated rings. The summed E-state index contributed by atoms with van der Waals surface area (Å²) in [5.74, 6) is -0.522. The van der Waals surface area contributed by atoms with Crippen molar-refractivity contribution in [2.24, 2.45) is 0 Å². The third-order valence-corrected chi connectivity index (χ3v) is 7.79. The largest absolute Gasteiger partial charge is 0.379 e. The lowest BCUT2D eigenvalue weighted by atomic mass is 10.1. The monoisotopic (exact) mass is 452 g/mol. The highest BCUT2D eigenvalue weighted by atomic mass is 32.2. The maximum atomic E-state index is 14.3. The van der Waals surface area contributed by atoms with Gasteiger partial charge in [-0.05, 0) is 55.3 Å². The van der Waals surface area contributed by atoms with Crippen molar-refractivity contribution < 1.29 is 22.3 Å². The number of carbonyl (C=O) groups excluding carboxylic acids is 1. The van der Waals surface area contributed by atoms with Crippen molar-refractivity contribution >= 4 is 33.4 Å². The van der Waals surface area contributed by atoms with Crippen LogP contribution in [0.1, 0.15) is 17.5 Å². The van der Waals surface area contributed by atoms with Crippen LogP contribution < -0.4 is 5.32 Å². The summed E-state index contributed by atoms with van der Waals surface area (Å²) in [6, 6.07) is 9.75. The van der Waals surface area contributed by atoms with Gasteiger partial charge in [-0.2, -0.15) is 4.31 Å². The van der Waals surface area contributed by atoms with Gasteiger partial charge in [-0.1, -0.05) is 6.07 Å². The van der Waals surface area contributed by atoms with Crippen LogP contribution in [-0.4, -0.2) is 50.7 Å². The van der Waals surface area contributed by atoms with Crippen LogP contribution in [0.4, 0.5) is 10.1 Å². The van der Waals surface area contributed by atoms with Gasteiger partial charge in [-0.3, -0.25) is 4.79 Å². The number of halogens is 1. The van der Waals surface area contributed by atoms with Crippen molar-refractivity contribution in [2.75, 3.05) is 37.4 Å². The third-order valence-electron chi connectivity index (χ3n) is 4.88. The number of thioether (sulfide) groups is 1. The molecule has 1 heterocycles. The molecule has 1 amide bonds. The van der Waals surface area contributed by atoms with E-state index < -0.39 is 20.7 Å². The molecule has 2 aromatic carbocycles. The maximum Gasteiger partial charge on any atom is 0.246 e. The van der Waals surface area contributed by atoms with Gasteiger partial charge in [0.1, 0.15) is 10.7 Å². The second-order valence-corrected chi connectivity index (χ2v) is 10.1. The number of hydrogen-bond acceptors (Lipinski definition) is 5. The van der Waals surface area contributed by atoms with E-state index >= 15 is 0 Å². The summed E-state index contributed by atoms with van der Waals surface area (Å²) >= 11 is 1.58. The minimum atomic E-state index is -3.99. The second kappa shape index (κ2) is 9.91. The van der Waals surface area contributed by atoms with Crippen LogP contribution in [0, 0.1) is 19.7 Å². The highest BCUT2D eigenvalue weighted by Crippen LogP contribution is 2.25. The molecular weight excluding hydrogens is 427 g/mol. The average Bonchev–Trinajstić information content (AvgIpc) is 2.72. The van der Waals surface area contributed by atoms with Gasteiger partial charge in [0.15, 0.2) is 0 Å². The Balaban J connectivity index is 1.61. The van der Waals surface area contributed by atoms with Gasteiger partial charge in [-0.25, -0.2) is 12.8 Å². The molecule has 1 saturated heterocycles. The number of nitrogens with zero attached hydrogens (tertiary/aromatic N) is 1. The Bertz CT molecular complexity index is 1020. The number of ether oxygens (including phenoxy) is 1. The summed E-state index contributed by atoms with van der Waals surface area (Å²) in [4.78, 5) is 12.9. The third kappa shape index (κ3) is 5.60. The molecule has 0 aliphatic carbocycles. The molecule has 3 rings (SSSR count). The van der Waals surface area contributed by atoms with E-state index in [0.29, 0.717) is 5.75 Å². The number of aryl methyl sites for hydroxylation is 2. The van der Waals surface area contributed by atoms with E-state index in [1.54, 1.807) is 11.8 Å². The minimum absolute atomic E-state index is 0.175. The number of morpholine rings is 1. The van der Waals surface area contributed by atoms with Crippen molar-refractivity contribution in [1.82, 2.24) is 4.31 Å². The Morgan fingerprint density at radius 2 is 1.87 bits per heavy atom. The van der Waals surface area contributed by atoms with E-state index in [9.17, 15) is 17.6 Å². The fourth-order valence-electron chi connectivity index (χ4n) is 2.99. The van der Waals surface area contributed by atoms with Gasteiger partial charge < -0.3 is 10.1 Å². The molecule has 0 radical (unpaired) electrons. The van der Waals surface area contributed by atoms with E-state index in [0.717, 1.165) is 11.0 Å². The van der Waals surface area contributed by atoms with Crippen molar-refractivity contribution in [3.63, 3.8) is 0 Å². The van der Waals surface area contributed by atoms with E-state index in [1.165, 1.54) is 27.6 Å². The molecule has 0 unspecified atom stereocenters. The number of hydrogen-bond donors (Lipinski definition) is 1. The topological polar surface area (TPSA) is 75.7 Å². The smallest absolute Gasteiger partial charge is 0.246 e. The van der Waals surface area contributed by atoms with Gasteiger partial charge in [-0.15, -0.1) is 11.8 Å². The van der Waals surface area contributed by atoms with Crippen LogP contribution >= 0.6 is 11.8 Å². The molecule has 0 spiro atoms. The Kier molecular flexibility index (Phi) is 7.51. The standard InChI is InChI=1S/C21H25FN2O4S2/c1-15-3-5-18(13-16(15)2)29-12-7-21(25)23-17-4-6-19(22)20(14-17)30(26,27)24-8-10-28-11-9-24/h3-6,13-14H,7-12H2,1-2H3,(H,23,25). The molecule has 30 heavy (non-hydrogen) atoms. The predicted molar refractivity (Wildman–Crippen MR) is 116 cm³/mol. The van der Waals surface area contributed by atoms with Gasteiger partial charge in [0.2, 0.25) is 15.9 Å². The number of anilines is 1. The molecule has 0 bridgehead atoms. The zero-order chi connectivity index (χ0) is 21.7. The first kappa shape index (κ1) is 22.7. The first-order valence-corrected chi connectivity index (χ1v) is 12.1. The quantitative estimate of drug-likeness (QED) is 0.650. The van der Waals surface area contributed by atoms with Crippen molar-refractivity contribution in [2.45, 2.75) is 30.1 Å². The fraction of sp³-hybridized carbons (Fsp3) is 0.381. The SMILES string of the molecule is Cc1ccc(SCCC(=O)Nc2ccc(F)c(S(=O)(=O)N3CCOCC3)c2)cc1C. The van der Waals surface area contributed by atoms with E-state index in [1.807, 2.05) is 26.0 Å². The van der Waals surface area contributed by atoms with Crippen molar-refractivity contribution in [3.05, 3.63) is 53.3 Å². The van der Waals surface area contributed by atoms with Crippen molar-refractivity contribution in [3.8, 4) is 0 Å². The van der Waals surface area contributed by atoms with E-state index in [2.05, 4.69) is 11.4 Å². The lowest BCUT2D eigenvalue weighted by molar-refractivity contribution is -0.115. The molecule has 1 aliphatic rings. The Morgan fingerprint density at radius 1 is 1.13 bits per heavy atom. The van der Waals surface area contributed by atoms with Gasteiger partial charge in [0.25, 0.3) is 0 Å². The minimum Gasteiger partial charge on any atom is -0.379 e. The molecule has 1 N–H and O–H groups in total. The van der Waals surface area contributed by atoms with Gasteiger partial charge in [0.05, 0.1) is 13.2 Å². The molecule has 0 atom stereocenters. The highest BCUT2D eigenvalue weighted by molar-refractivity contribution is 7.99. The molecule has 0 saturated carbocycles. The Morgan fingerprint density at radius 3 is 2.57 bits per heavy atom. The maximum absolute atomic E-state index is 14.3. The number of sulfonamides is 1. The lowest BCUT2D eigenvalue weighted by Gasteiger charge is -2.26. The zero-order valence-electron chi connectivity index (χ0n) is 17.0. The van der Waals surface area contributed by atoms with Crippen LogP contribution in [0.3, 0.4) is 0 Å². The highest BCUT2D eigenvalue weighted by Gasteiger charge is 2.29. The van der Waals surface area contributed by atoms with Gasteiger partial charge in [0, 0.05) is 35.8 Å². The van der Waals surface area contributed by atoms with E-state index in [-0.39, 0.29) is 44.3 Å². The fourth-order valence-corrected chi connectivity index (χ4v) is 5.44. The molecule has 1 aliphatic heterocycles. The predicted octanol–water partition coefficient (Wildman–Crippen LogP) is 3.58. The normalized spacial score (nSPS) is 15.2. The van der Waals surface area contributed by atoms with Crippen LogP contribution in [0.25, 0.3) is 0 Å². The molecule has 162 valence electrons. The molecule has 0 aromatic heterocycles. The van der Waals surface area contributed by atoms with E-state index in [4.69, 9.17) is 4.74 Å². The zero-order valence-corrected chi connectivity index (χ0v) is 18.6. The van der Waals surface area contributed by atoms with Crippen LogP contribution in [0.2, 0.25) is 0 Å². The summed E-state index contributed by atoms with van der Waals surface area (Å²) in [6.07, 6.45) is 0.251. The number of amides is 1. The molecule has 9 heteroatoms. The van der Waals surface area contributed by atoms with Crippen molar-refractivity contribution in [1.29, 1.82) is 0 Å². The van der Waals surface area contributed by atoms with Crippen LogP contribution in [0.5, 0.6) is 0 Å². The van der Waals surface area contributed by atoms with Gasteiger partial charge >= 0.3 is 0 Å². The summed E-state index contributed by atoms with van der Waals surface area (Å²) in [5, 5.41) is 2.66. The number of carbonyl (C=O) groups is 1. The number of nitrogens with one attached hydrogen (secondary N) is 1. The molecule has 2 aromatic rings. The first-order valence-electron chi connectivity index (χ1n) is 9.65. The lowest BCUT2D eigenvalue weighted by Crippen LogP contribution is -2.40. The summed E-state index contributed by atoms with van der Waals surface area (Å²) in [6.45, 7) is 4.99. The Labute approximate surface area is 180 Å². The second-order valence-electron chi connectivity index (χ2n) is 7.05. The number of benzene rings is 2. The molecular formula is C21H25FN2O4S2. The summed E-state index contributed by atoms with van der Waals surface area (Å²) in [5.41, 5.74) is 2.67.